The van der Waals surface area contributed by atoms with Gasteiger partial charge in [-0.1, -0.05) is 24.2 Å². The van der Waals surface area contributed by atoms with E-state index in [-0.39, 0.29) is 11.7 Å². The second kappa shape index (κ2) is 7.64. The van der Waals surface area contributed by atoms with Crippen molar-refractivity contribution in [1.82, 2.24) is 10.1 Å². The van der Waals surface area contributed by atoms with E-state index < -0.39 is 0 Å². The maximum absolute atomic E-state index is 12.5. The molecule has 0 atom stereocenters. The summed E-state index contributed by atoms with van der Waals surface area (Å²) in [6.45, 7) is 5.19. The van der Waals surface area contributed by atoms with Crippen LogP contribution in [0.25, 0.3) is 0 Å². The molecule has 0 unspecified atom stereocenters. The third kappa shape index (κ3) is 3.81. The highest BCUT2D eigenvalue weighted by atomic mass is 16.5. The molecule has 1 aromatic carbocycles. The SMILES string of the molecule is CCc1noc(Cc2ccc(C(=O)N3CCCCC3)cc2)c1C(C)=O. The molecule has 0 spiro atoms. The Morgan fingerprint density at radius 1 is 1.12 bits per heavy atom. The Labute approximate surface area is 148 Å². The van der Waals surface area contributed by atoms with Crippen molar-refractivity contribution in [3.63, 3.8) is 0 Å². The van der Waals surface area contributed by atoms with Crippen LogP contribution in [-0.4, -0.2) is 34.8 Å². The number of likely N-dealkylation sites (tertiary alicyclic amines) is 1. The molecule has 5 heteroatoms. The Kier molecular flexibility index (Phi) is 5.31. The Morgan fingerprint density at radius 2 is 1.80 bits per heavy atom. The van der Waals surface area contributed by atoms with Crippen molar-refractivity contribution in [3.8, 4) is 0 Å². The predicted octanol–water partition coefficient (Wildman–Crippen LogP) is 3.66. The summed E-state index contributed by atoms with van der Waals surface area (Å²) in [5, 5.41) is 4.00. The van der Waals surface area contributed by atoms with Crippen molar-refractivity contribution < 1.29 is 14.1 Å². The first-order valence-electron chi connectivity index (χ1n) is 8.96. The van der Waals surface area contributed by atoms with Gasteiger partial charge in [0.2, 0.25) is 0 Å². The molecule has 0 bridgehead atoms. The molecule has 0 N–H and O–H groups in total. The van der Waals surface area contributed by atoms with Gasteiger partial charge in [-0.2, -0.15) is 0 Å². The van der Waals surface area contributed by atoms with E-state index in [1.165, 1.54) is 13.3 Å². The van der Waals surface area contributed by atoms with E-state index in [2.05, 4.69) is 5.16 Å². The molecule has 1 saturated heterocycles. The van der Waals surface area contributed by atoms with E-state index in [9.17, 15) is 9.59 Å². The van der Waals surface area contributed by atoms with Crippen LogP contribution in [-0.2, 0) is 12.8 Å². The van der Waals surface area contributed by atoms with Gasteiger partial charge in [0.15, 0.2) is 11.5 Å². The molecule has 0 aliphatic carbocycles. The normalized spacial score (nSPS) is 14.6. The van der Waals surface area contributed by atoms with Crippen LogP contribution in [0, 0.1) is 0 Å². The zero-order valence-electron chi connectivity index (χ0n) is 14.9. The van der Waals surface area contributed by atoms with Crippen LogP contribution in [0.3, 0.4) is 0 Å². The average molecular weight is 340 g/mol. The number of Topliss-reactive ketones (excluding diaryl/α,β-unsaturated/α-hetero) is 1. The third-order valence-corrected chi connectivity index (χ3v) is 4.73. The highest BCUT2D eigenvalue weighted by Gasteiger charge is 2.20. The van der Waals surface area contributed by atoms with E-state index in [1.807, 2.05) is 36.1 Å². The third-order valence-electron chi connectivity index (χ3n) is 4.73. The molecule has 25 heavy (non-hydrogen) atoms. The minimum absolute atomic E-state index is 0.0232. The van der Waals surface area contributed by atoms with Gasteiger partial charge < -0.3 is 9.42 Å². The van der Waals surface area contributed by atoms with Crippen molar-refractivity contribution in [2.24, 2.45) is 0 Å². The molecular weight excluding hydrogens is 316 g/mol. The molecule has 5 nitrogen and oxygen atoms in total. The van der Waals surface area contributed by atoms with Crippen LogP contribution in [0.5, 0.6) is 0 Å². The van der Waals surface area contributed by atoms with Crippen molar-refractivity contribution in [2.45, 2.75) is 46.0 Å². The van der Waals surface area contributed by atoms with Crippen molar-refractivity contribution in [1.29, 1.82) is 0 Å². The Morgan fingerprint density at radius 3 is 2.40 bits per heavy atom. The number of amides is 1. The van der Waals surface area contributed by atoms with Gasteiger partial charge in [0.25, 0.3) is 5.91 Å². The number of nitrogens with zero attached hydrogens (tertiary/aromatic N) is 2. The number of ketones is 1. The number of hydrogen-bond acceptors (Lipinski definition) is 4. The van der Waals surface area contributed by atoms with E-state index in [0.29, 0.717) is 35.4 Å². The van der Waals surface area contributed by atoms with Crippen molar-refractivity contribution >= 4 is 11.7 Å². The van der Waals surface area contributed by atoms with Crippen LogP contribution >= 0.6 is 0 Å². The number of rotatable bonds is 5. The largest absolute Gasteiger partial charge is 0.360 e. The summed E-state index contributed by atoms with van der Waals surface area (Å²) in [6.07, 6.45) is 4.55. The van der Waals surface area contributed by atoms with E-state index >= 15 is 0 Å². The maximum atomic E-state index is 12.5. The number of carbonyl (C=O) groups excluding carboxylic acids is 2. The topological polar surface area (TPSA) is 63.4 Å². The van der Waals surface area contributed by atoms with Crippen molar-refractivity contribution in [3.05, 3.63) is 52.4 Å². The summed E-state index contributed by atoms with van der Waals surface area (Å²) in [5.74, 6) is 0.674. The minimum Gasteiger partial charge on any atom is -0.360 e. The summed E-state index contributed by atoms with van der Waals surface area (Å²) >= 11 is 0. The van der Waals surface area contributed by atoms with Crippen molar-refractivity contribution in [2.75, 3.05) is 13.1 Å². The van der Waals surface area contributed by atoms with Crippen LogP contribution in [0.2, 0.25) is 0 Å². The molecule has 0 radical (unpaired) electrons. The average Bonchev–Trinajstić information content (AvgIpc) is 3.05. The molecule has 3 rings (SSSR count). The van der Waals surface area contributed by atoms with Gasteiger partial charge >= 0.3 is 0 Å². The number of hydrogen-bond donors (Lipinski definition) is 0. The summed E-state index contributed by atoms with van der Waals surface area (Å²) in [7, 11) is 0. The fraction of sp³-hybridized carbons (Fsp3) is 0.450. The number of aryl methyl sites for hydroxylation is 1. The van der Waals surface area contributed by atoms with E-state index in [1.54, 1.807) is 0 Å². The van der Waals surface area contributed by atoms with E-state index in [4.69, 9.17) is 4.52 Å². The lowest BCUT2D eigenvalue weighted by atomic mass is 10.0. The molecule has 1 aromatic heterocycles. The second-order valence-corrected chi connectivity index (χ2v) is 6.56. The predicted molar refractivity (Wildman–Crippen MR) is 94.9 cm³/mol. The first-order valence-corrected chi connectivity index (χ1v) is 8.96. The molecule has 2 heterocycles. The molecular formula is C20H24N2O3. The Hall–Kier alpha value is -2.43. The lowest BCUT2D eigenvalue weighted by Crippen LogP contribution is -2.35. The number of aromatic nitrogens is 1. The Balaban J connectivity index is 1.74. The zero-order valence-corrected chi connectivity index (χ0v) is 14.9. The zero-order chi connectivity index (χ0) is 17.8. The molecule has 1 fully saturated rings. The smallest absolute Gasteiger partial charge is 0.253 e. The molecule has 132 valence electrons. The standard InChI is InChI=1S/C20H24N2O3/c1-3-17-19(14(2)23)18(25-21-17)13-15-7-9-16(10-8-15)20(24)22-11-5-4-6-12-22/h7-10H,3-6,11-13H2,1-2H3. The Bertz CT molecular complexity index is 756. The van der Waals surface area contributed by atoms with Gasteiger partial charge in [0, 0.05) is 25.1 Å². The molecule has 1 aliphatic rings. The lowest BCUT2D eigenvalue weighted by Gasteiger charge is -2.26. The lowest BCUT2D eigenvalue weighted by molar-refractivity contribution is 0.0724. The summed E-state index contributed by atoms with van der Waals surface area (Å²) in [6, 6.07) is 7.57. The highest BCUT2D eigenvalue weighted by Crippen LogP contribution is 2.20. The van der Waals surface area contributed by atoms with E-state index in [0.717, 1.165) is 31.5 Å². The highest BCUT2D eigenvalue weighted by molar-refractivity contribution is 5.96. The minimum atomic E-state index is -0.0232. The van der Waals surface area contributed by atoms with Gasteiger partial charge in [0.1, 0.15) is 0 Å². The fourth-order valence-electron chi connectivity index (χ4n) is 3.35. The number of benzene rings is 1. The van der Waals surface area contributed by atoms with Crippen LogP contribution < -0.4 is 0 Å². The van der Waals surface area contributed by atoms with Gasteiger partial charge in [-0.15, -0.1) is 0 Å². The first-order chi connectivity index (χ1) is 12.1. The molecule has 0 saturated carbocycles. The summed E-state index contributed by atoms with van der Waals surface area (Å²) in [4.78, 5) is 26.3. The summed E-state index contributed by atoms with van der Waals surface area (Å²) in [5.41, 5.74) is 3.01. The molecule has 1 aliphatic heterocycles. The molecule has 1 amide bonds. The number of carbonyl (C=O) groups is 2. The maximum Gasteiger partial charge on any atom is 0.253 e. The van der Waals surface area contributed by atoms with Crippen LogP contribution in [0.1, 0.15) is 70.8 Å². The number of piperidine rings is 1. The fourth-order valence-corrected chi connectivity index (χ4v) is 3.35. The first kappa shape index (κ1) is 17.4. The van der Waals surface area contributed by atoms with Gasteiger partial charge in [-0.25, -0.2) is 0 Å². The van der Waals surface area contributed by atoms with Gasteiger partial charge in [-0.05, 0) is 50.3 Å². The monoisotopic (exact) mass is 340 g/mol. The summed E-state index contributed by atoms with van der Waals surface area (Å²) < 4.78 is 5.38. The quantitative estimate of drug-likeness (QED) is 0.779. The molecule has 2 aromatic rings. The van der Waals surface area contributed by atoms with Gasteiger partial charge in [0.05, 0.1) is 11.3 Å². The van der Waals surface area contributed by atoms with Crippen LogP contribution in [0.15, 0.2) is 28.8 Å². The van der Waals surface area contributed by atoms with Gasteiger partial charge in [-0.3, -0.25) is 9.59 Å². The van der Waals surface area contributed by atoms with Crippen LogP contribution in [0.4, 0.5) is 0 Å². The second-order valence-electron chi connectivity index (χ2n) is 6.56.